The van der Waals surface area contributed by atoms with Crippen molar-refractivity contribution in [1.29, 1.82) is 0 Å². The van der Waals surface area contributed by atoms with E-state index in [2.05, 4.69) is 10.2 Å². The van der Waals surface area contributed by atoms with Crippen LogP contribution in [-0.2, 0) is 4.84 Å². The molecule has 0 bridgehead atoms. The first-order valence-corrected chi connectivity index (χ1v) is 3.34. The van der Waals surface area contributed by atoms with Gasteiger partial charge in [0.25, 0.3) is 0 Å². The van der Waals surface area contributed by atoms with Gasteiger partial charge in [-0.3, -0.25) is 0 Å². The summed E-state index contributed by atoms with van der Waals surface area (Å²) in [5, 5.41) is 3.01. The van der Waals surface area contributed by atoms with E-state index in [0.717, 1.165) is 25.0 Å². The van der Waals surface area contributed by atoms with Crippen LogP contribution in [0.2, 0.25) is 0 Å². The molecule has 0 saturated heterocycles. The molecule has 0 radical (unpaired) electrons. The molecule has 0 spiro atoms. The molecule has 0 saturated carbocycles. The molecule has 0 unspecified atom stereocenters. The Morgan fingerprint density at radius 1 is 1.60 bits per heavy atom. The third-order valence-electron chi connectivity index (χ3n) is 1.44. The Kier molecular flexibility index (Phi) is 2.64. The summed E-state index contributed by atoms with van der Waals surface area (Å²) >= 11 is 0. The molecule has 4 heteroatoms. The van der Waals surface area contributed by atoms with Gasteiger partial charge in [0.15, 0.2) is 0 Å². The third-order valence-corrected chi connectivity index (χ3v) is 1.44. The molecule has 0 N–H and O–H groups in total. The fourth-order valence-corrected chi connectivity index (χ4v) is 0.962. The largest absolute Gasteiger partial charge is 0.399 e. The molecule has 1 aliphatic carbocycles. The number of nitrogens with zero attached hydrogens (tertiary/aromatic N) is 3. The predicted molar refractivity (Wildman–Crippen MR) is 36.8 cm³/mol. The summed E-state index contributed by atoms with van der Waals surface area (Å²) in [6.45, 7) is 0. The Morgan fingerprint density at radius 2 is 2.50 bits per heavy atom. The zero-order valence-corrected chi connectivity index (χ0v) is 5.66. The fourth-order valence-electron chi connectivity index (χ4n) is 0.962. The zero-order valence-electron chi connectivity index (χ0n) is 5.66. The van der Waals surface area contributed by atoms with Crippen LogP contribution in [0.15, 0.2) is 17.1 Å². The first kappa shape index (κ1) is 6.96. The predicted octanol–water partition coefficient (Wildman–Crippen LogP) is 2.69. The van der Waals surface area contributed by atoms with E-state index >= 15 is 0 Å². The van der Waals surface area contributed by atoms with E-state index in [1.807, 2.05) is 6.08 Å². The average molecular weight is 139 g/mol. The van der Waals surface area contributed by atoms with Crippen LogP contribution < -0.4 is 0 Å². The molecule has 0 amide bonds. The second kappa shape index (κ2) is 3.80. The molecule has 0 aromatic rings. The van der Waals surface area contributed by atoms with Gasteiger partial charge < -0.3 is 4.84 Å². The molecule has 0 atom stereocenters. The van der Waals surface area contributed by atoms with Crippen LogP contribution in [0.4, 0.5) is 0 Å². The lowest BCUT2D eigenvalue weighted by atomic mass is 10.1. The SMILES string of the molecule is [N-]=[N+]=NOC1=CCCCC1. The van der Waals surface area contributed by atoms with Crippen molar-refractivity contribution < 1.29 is 4.84 Å². The highest BCUT2D eigenvalue weighted by Crippen LogP contribution is 2.17. The number of azide groups is 1. The summed E-state index contributed by atoms with van der Waals surface area (Å²) in [4.78, 5) is 7.19. The lowest BCUT2D eigenvalue weighted by molar-refractivity contribution is 0.202. The molecule has 4 nitrogen and oxygen atoms in total. The van der Waals surface area contributed by atoms with Crippen molar-refractivity contribution in [1.82, 2.24) is 0 Å². The first-order chi connectivity index (χ1) is 4.93. The van der Waals surface area contributed by atoms with E-state index in [1.165, 1.54) is 6.42 Å². The first-order valence-electron chi connectivity index (χ1n) is 3.34. The number of hydrogen-bond donors (Lipinski definition) is 0. The Hall–Kier alpha value is -1.15. The summed E-state index contributed by atoms with van der Waals surface area (Å²) in [7, 11) is 0. The van der Waals surface area contributed by atoms with Gasteiger partial charge in [-0.1, -0.05) is 0 Å². The molecular formula is C6H9N3O. The molecule has 0 aliphatic heterocycles. The van der Waals surface area contributed by atoms with Crippen LogP contribution in [0.1, 0.15) is 25.7 Å². The number of hydrogen-bond acceptors (Lipinski definition) is 2. The summed E-state index contributed by atoms with van der Waals surface area (Å²) < 4.78 is 0. The summed E-state index contributed by atoms with van der Waals surface area (Å²) in [5.41, 5.74) is 7.90. The smallest absolute Gasteiger partial charge is 0.117 e. The van der Waals surface area contributed by atoms with Gasteiger partial charge in [0.05, 0.1) is 0 Å². The lowest BCUT2D eigenvalue weighted by Crippen LogP contribution is -1.91. The van der Waals surface area contributed by atoms with Crippen LogP contribution in [-0.4, -0.2) is 0 Å². The molecular weight excluding hydrogens is 130 g/mol. The minimum absolute atomic E-state index is 0.809. The fraction of sp³-hybridized carbons (Fsp3) is 0.667. The van der Waals surface area contributed by atoms with Crippen LogP contribution in [0.25, 0.3) is 10.4 Å². The molecule has 54 valence electrons. The summed E-state index contributed by atoms with van der Waals surface area (Å²) in [6, 6.07) is 0. The van der Waals surface area contributed by atoms with Crippen molar-refractivity contribution in [2.24, 2.45) is 5.28 Å². The topological polar surface area (TPSA) is 58.0 Å². The molecule has 1 aliphatic rings. The van der Waals surface area contributed by atoms with E-state index in [4.69, 9.17) is 10.4 Å². The van der Waals surface area contributed by atoms with Crippen LogP contribution in [0.5, 0.6) is 0 Å². The van der Waals surface area contributed by atoms with E-state index < -0.39 is 0 Å². The van der Waals surface area contributed by atoms with E-state index in [9.17, 15) is 0 Å². The van der Waals surface area contributed by atoms with E-state index in [1.54, 1.807) is 0 Å². The number of rotatable bonds is 2. The van der Waals surface area contributed by atoms with Crippen molar-refractivity contribution in [2.75, 3.05) is 0 Å². The minimum atomic E-state index is 0.809. The Morgan fingerprint density at radius 3 is 3.10 bits per heavy atom. The Bertz CT molecular complexity index is 181. The van der Waals surface area contributed by atoms with Gasteiger partial charge in [-0.15, -0.1) is 0 Å². The van der Waals surface area contributed by atoms with Crippen molar-refractivity contribution >= 4 is 0 Å². The summed E-state index contributed by atoms with van der Waals surface area (Å²) in [6.07, 6.45) is 6.25. The highest BCUT2D eigenvalue weighted by Gasteiger charge is 2.02. The summed E-state index contributed by atoms with van der Waals surface area (Å²) in [5.74, 6) is 0.809. The Labute approximate surface area is 59.1 Å². The molecule has 1 rings (SSSR count). The van der Waals surface area contributed by atoms with Gasteiger partial charge in [-0.25, -0.2) is 0 Å². The van der Waals surface area contributed by atoms with E-state index in [0.29, 0.717) is 0 Å². The molecule has 0 aromatic carbocycles. The molecule has 10 heavy (non-hydrogen) atoms. The minimum Gasteiger partial charge on any atom is -0.399 e. The normalized spacial score (nSPS) is 17.0. The second-order valence-corrected chi connectivity index (χ2v) is 2.18. The van der Waals surface area contributed by atoms with Crippen LogP contribution in [0.3, 0.4) is 0 Å². The second-order valence-electron chi connectivity index (χ2n) is 2.18. The maximum absolute atomic E-state index is 7.90. The van der Waals surface area contributed by atoms with Crippen molar-refractivity contribution in [3.63, 3.8) is 0 Å². The highest BCUT2D eigenvalue weighted by atomic mass is 16.6. The zero-order chi connectivity index (χ0) is 7.23. The molecule has 0 aromatic heterocycles. The van der Waals surface area contributed by atoms with Gasteiger partial charge in [-0.2, -0.15) is 0 Å². The maximum Gasteiger partial charge on any atom is 0.117 e. The van der Waals surface area contributed by atoms with Gasteiger partial charge >= 0.3 is 0 Å². The lowest BCUT2D eigenvalue weighted by Gasteiger charge is -2.08. The quantitative estimate of drug-likeness (QED) is 0.251. The Balaban J connectivity index is 2.38. The molecule has 0 heterocycles. The van der Waals surface area contributed by atoms with Crippen molar-refractivity contribution in [3.05, 3.63) is 22.3 Å². The van der Waals surface area contributed by atoms with Gasteiger partial charge in [0.1, 0.15) is 11.0 Å². The van der Waals surface area contributed by atoms with Crippen molar-refractivity contribution in [3.8, 4) is 0 Å². The van der Waals surface area contributed by atoms with E-state index in [-0.39, 0.29) is 0 Å². The standard InChI is InChI=1S/C6H9N3O/c7-8-9-10-6-4-2-1-3-5-6/h4H,1-3,5H2. The van der Waals surface area contributed by atoms with Crippen molar-refractivity contribution in [2.45, 2.75) is 25.7 Å². The van der Waals surface area contributed by atoms with Gasteiger partial charge in [0.2, 0.25) is 0 Å². The third kappa shape index (κ3) is 1.99. The average Bonchev–Trinajstić information content (AvgIpc) is 2.03. The highest BCUT2D eigenvalue weighted by molar-refractivity contribution is 4.95. The molecule has 0 fully saturated rings. The van der Waals surface area contributed by atoms with Gasteiger partial charge in [-0.05, 0) is 30.9 Å². The van der Waals surface area contributed by atoms with Gasteiger partial charge in [0, 0.05) is 11.3 Å². The number of allylic oxidation sites excluding steroid dienone is 2. The maximum atomic E-state index is 7.90. The van der Waals surface area contributed by atoms with Crippen LogP contribution >= 0.6 is 0 Å². The van der Waals surface area contributed by atoms with Crippen LogP contribution in [0, 0.1) is 0 Å². The monoisotopic (exact) mass is 139 g/mol.